The van der Waals surface area contributed by atoms with Gasteiger partial charge < -0.3 is 0 Å². The Hall–Kier alpha value is -3.03. The second kappa shape index (κ2) is 6.70. The number of benzene rings is 1. The van der Waals surface area contributed by atoms with Crippen molar-refractivity contribution in [3.8, 4) is 10.7 Å². The Morgan fingerprint density at radius 2 is 1.96 bits per heavy atom. The van der Waals surface area contributed by atoms with Crippen LogP contribution < -0.4 is 11.0 Å². The molecule has 1 amide bonds. The Kier molecular flexibility index (Phi) is 4.24. The maximum absolute atomic E-state index is 13.0. The molecule has 0 radical (unpaired) electrons. The topological polar surface area (TPSA) is 76.9 Å². The zero-order valence-electron chi connectivity index (χ0n) is 13.2. The van der Waals surface area contributed by atoms with E-state index in [0.717, 1.165) is 4.88 Å². The van der Waals surface area contributed by atoms with Crippen molar-refractivity contribution in [3.05, 3.63) is 81.2 Å². The number of fused-ring (bicyclic) bond motifs is 1. The van der Waals surface area contributed by atoms with E-state index < -0.39 is 5.91 Å². The van der Waals surface area contributed by atoms with Crippen molar-refractivity contribution in [2.75, 3.05) is 5.43 Å². The fourth-order valence-electron chi connectivity index (χ4n) is 2.50. The molecule has 6 nitrogen and oxygen atoms in total. The summed E-state index contributed by atoms with van der Waals surface area (Å²) in [5.74, 6) is -0.0791. The Morgan fingerprint density at radius 1 is 1.15 bits per heavy atom. The van der Waals surface area contributed by atoms with Crippen LogP contribution in [0.5, 0.6) is 0 Å². The summed E-state index contributed by atoms with van der Waals surface area (Å²) in [6, 6.07) is 11.7. The molecule has 4 rings (SSSR count). The van der Waals surface area contributed by atoms with Crippen LogP contribution in [0.1, 0.15) is 10.4 Å². The highest BCUT2D eigenvalue weighted by Gasteiger charge is 2.16. The van der Waals surface area contributed by atoms with Gasteiger partial charge >= 0.3 is 0 Å². The van der Waals surface area contributed by atoms with Crippen molar-refractivity contribution in [1.29, 1.82) is 0 Å². The first-order valence-corrected chi connectivity index (χ1v) is 8.87. The van der Waals surface area contributed by atoms with Gasteiger partial charge in [0.15, 0.2) is 5.82 Å². The molecule has 0 bridgehead atoms. The molecule has 3 aromatic heterocycles. The van der Waals surface area contributed by atoms with Crippen LogP contribution in [0.15, 0.2) is 65.0 Å². The largest absolute Gasteiger partial charge is 0.280 e. The summed E-state index contributed by atoms with van der Waals surface area (Å²) < 4.78 is 1.17. The highest BCUT2D eigenvalue weighted by molar-refractivity contribution is 7.13. The number of nitrogens with one attached hydrogen (secondary N) is 1. The molecule has 0 saturated heterocycles. The summed E-state index contributed by atoms with van der Waals surface area (Å²) in [5.41, 5.74) is 3.12. The smallest absolute Gasteiger partial charge is 0.267 e. The van der Waals surface area contributed by atoms with Crippen LogP contribution in [0.2, 0.25) is 5.02 Å². The van der Waals surface area contributed by atoms with Crippen LogP contribution >= 0.6 is 22.9 Å². The van der Waals surface area contributed by atoms with E-state index in [9.17, 15) is 9.59 Å². The number of pyridine rings is 1. The molecule has 0 spiro atoms. The quantitative estimate of drug-likeness (QED) is 0.587. The number of hydrogen-bond acceptors (Lipinski definition) is 5. The van der Waals surface area contributed by atoms with Gasteiger partial charge in [0.25, 0.3) is 11.5 Å². The third-order valence-electron chi connectivity index (χ3n) is 3.73. The molecule has 0 unspecified atom stereocenters. The number of thiophene rings is 1. The molecule has 0 atom stereocenters. The van der Waals surface area contributed by atoms with Crippen LogP contribution in [0.4, 0.5) is 0 Å². The molecule has 1 aromatic carbocycles. The summed E-state index contributed by atoms with van der Waals surface area (Å²) >= 11 is 7.45. The van der Waals surface area contributed by atoms with E-state index in [-0.39, 0.29) is 5.56 Å². The fraction of sp³-hybridized carbons (Fsp3) is 0. The minimum absolute atomic E-state index is 0.349. The first-order chi connectivity index (χ1) is 12.6. The highest BCUT2D eigenvalue weighted by atomic mass is 35.5. The second-order valence-corrected chi connectivity index (χ2v) is 6.78. The number of nitrogens with zero attached hydrogens (tertiary/aromatic N) is 3. The number of hydrogen-bond donors (Lipinski definition) is 1. The Balaban J connectivity index is 1.90. The number of carbonyl (C=O) groups excluding carboxylic acids is 1. The predicted octanol–water partition coefficient (Wildman–Crippen LogP) is 3.56. The standard InChI is InChI=1S/C18H11ClN4O2S/c19-12-3-4-13-14(10-12)21-16(15-2-1-9-26-15)23(18(13)25)22-17(24)11-5-7-20-8-6-11/h1-10H,(H,22,24). The lowest BCUT2D eigenvalue weighted by Crippen LogP contribution is -2.35. The van der Waals surface area contributed by atoms with Crippen molar-refractivity contribution in [1.82, 2.24) is 14.6 Å². The van der Waals surface area contributed by atoms with Crippen LogP contribution in [0.25, 0.3) is 21.6 Å². The van der Waals surface area contributed by atoms with E-state index in [2.05, 4.69) is 15.4 Å². The maximum Gasteiger partial charge on any atom is 0.280 e. The van der Waals surface area contributed by atoms with Crippen LogP contribution in [-0.4, -0.2) is 20.6 Å². The van der Waals surface area contributed by atoms with Gasteiger partial charge in [-0.05, 0) is 41.8 Å². The molecule has 26 heavy (non-hydrogen) atoms. The third-order valence-corrected chi connectivity index (χ3v) is 4.83. The van der Waals surface area contributed by atoms with E-state index >= 15 is 0 Å². The van der Waals surface area contributed by atoms with E-state index in [4.69, 9.17) is 11.6 Å². The van der Waals surface area contributed by atoms with Gasteiger partial charge in [-0.3, -0.25) is 20.0 Å². The molecule has 8 heteroatoms. The van der Waals surface area contributed by atoms with Crippen molar-refractivity contribution >= 4 is 39.7 Å². The first-order valence-electron chi connectivity index (χ1n) is 7.61. The van der Waals surface area contributed by atoms with Gasteiger partial charge in [-0.2, -0.15) is 4.68 Å². The number of halogens is 1. The van der Waals surface area contributed by atoms with Gasteiger partial charge in [0.2, 0.25) is 0 Å². The van der Waals surface area contributed by atoms with Crippen LogP contribution in [0, 0.1) is 0 Å². The van der Waals surface area contributed by atoms with Crippen molar-refractivity contribution < 1.29 is 4.79 Å². The minimum Gasteiger partial charge on any atom is -0.267 e. The molecule has 128 valence electrons. The van der Waals surface area contributed by atoms with Crippen LogP contribution in [-0.2, 0) is 0 Å². The first kappa shape index (κ1) is 16.4. The van der Waals surface area contributed by atoms with E-state index in [1.807, 2.05) is 17.5 Å². The molecule has 0 aliphatic rings. The van der Waals surface area contributed by atoms with Gasteiger partial charge in [0.1, 0.15) is 0 Å². The molecule has 0 saturated carbocycles. The molecule has 4 aromatic rings. The lowest BCUT2D eigenvalue weighted by molar-refractivity contribution is 0.101. The average molecular weight is 383 g/mol. The number of rotatable bonds is 3. The zero-order valence-corrected chi connectivity index (χ0v) is 14.8. The number of amides is 1. The lowest BCUT2D eigenvalue weighted by atomic mass is 10.2. The average Bonchev–Trinajstić information content (AvgIpc) is 3.19. The summed E-state index contributed by atoms with van der Waals surface area (Å²) in [4.78, 5) is 34.7. The molecule has 0 fully saturated rings. The van der Waals surface area contributed by atoms with E-state index in [1.165, 1.54) is 28.4 Å². The predicted molar refractivity (Wildman–Crippen MR) is 102 cm³/mol. The number of carbonyl (C=O) groups is 1. The van der Waals surface area contributed by atoms with Gasteiger partial charge in [-0.25, -0.2) is 4.98 Å². The van der Waals surface area contributed by atoms with Crippen LogP contribution in [0.3, 0.4) is 0 Å². The SMILES string of the molecule is O=C(Nn1c(-c2cccs2)nc2cc(Cl)ccc2c1=O)c1ccncc1. The monoisotopic (exact) mass is 382 g/mol. The molecular weight excluding hydrogens is 372 g/mol. The zero-order chi connectivity index (χ0) is 18.1. The maximum atomic E-state index is 13.0. The molecule has 0 aliphatic heterocycles. The summed E-state index contributed by atoms with van der Waals surface area (Å²) in [5, 5.41) is 2.73. The van der Waals surface area contributed by atoms with Gasteiger partial charge in [0.05, 0.1) is 15.8 Å². The Bertz CT molecular complexity index is 1160. The fourth-order valence-corrected chi connectivity index (χ4v) is 3.37. The highest BCUT2D eigenvalue weighted by Crippen LogP contribution is 2.24. The Morgan fingerprint density at radius 3 is 2.69 bits per heavy atom. The minimum atomic E-state index is -0.428. The normalized spacial score (nSPS) is 10.8. The summed E-state index contributed by atoms with van der Waals surface area (Å²) in [7, 11) is 0. The lowest BCUT2D eigenvalue weighted by Gasteiger charge is -2.13. The van der Waals surface area contributed by atoms with E-state index in [1.54, 1.807) is 30.3 Å². The molecular formula is C18H11ClN4O2S. The Labute approximate surface area is 156 Å². The summed E-state index contributed by atoms with van der Waals surface area (Å²) in [6.45, 7) is 0. The molecule has 3 heterocycles. The van der Waals surface area contributed by atoms with Gasteiger partial charge in [-0.1, -0.05) is 17.7 Å². The molecule has 0 aliphatic carbocycles. The van der Waals surface area contributed by atoms with E-state index in [0.29, 0.717) is 27.3 Å². The molecule has 1 N–H and O–H groups in total. The third kappa shape index (κ3) is 2.98. The van der Waals surface area contributed by atoms with Crippen molar-refractivity contribution in [3.63, 3.8) is 0 Å². The van der Waals surface area contributed by atoms with Gasteiger partial charge in [0, 0.05) is 23.0 Å². The van der Waals surface area contributed by atoms with Crippen molar-refractivity contribution in [2.24, 2.45) is 0 Å². The van der Waals surface area contributed by atoms with Crippen molar-refractivity contribution in [2.45, 2.75) is 0 Å². The summed E-state index contributed by atoms with van der Waals surface area (Å²) in [6.07, 6.45) is 3.02. The second-order valence-electron chi connectivity index (χ2n) is 5.39. The number of aromatic nitrogens is 3. The van der Waals surface area contributed by atoms with Gasteiger partial charge in [-0.15, -0.1) is 11.3 Å².